The van der Waals surface area contributed by atoms with Crippen molar-refractivity contribution in [2.75, 3.05) is 26.7 Å². The number of carbonyl (C=O) groups is 2. The molecule has 2 N–H and O–H groups in total. The molecule has 1 rings (SSSR count). The number of rotatable bonds is 4. The summed E-state index contributed by atoms with van der Waals surface area (Å²) in [5.41, 5.74) is 0. The molecule has 1 aliphatic rings. The van der Waals surface area contributed by atoms with Gasteiger partial charge in [0.15, 0.2) is 0 Å². The highest BCUT2D eigenvalue weighted by atomic mass is 16.2. The molecule has 0 spiro atoms. The SMILES string of the molecule is CC(C)NC(=O)CN(C)C(=O)C1CCNC1. The second-order valence-corrected chi connectivity index (χ2v) is 4.61. The van der Waals surface area contributed by atoms with Gasteiger partial charge in [0.1, 0.15) is 0 Å². The molecule has 16 heavy (non-hydrogen) atoms. The van der Waals surface area contributed by atoms with E-state index in [0.717, 1.165) is 19.5 Å². The molecule has 92 valence electrons. The summed E-state index contributed by atoms with van der Waals surface area (Å²) >= 11 is 0. The third-order valence-electron chi connectivity index (χ3n) is 2.62. The minimum Gasteiger partial charge on any atom is -0.352 e. The maximum Gasteiger partial charge on any atom is 0.239 e. The Balaban J connectivity index is 2.35. The second kappa shape index (κ2) is 5.84. The molecule has 0 aromatic carbocycles. The summed E-state index contributed by atoms with van der Waals surface area (Å²) in [6.45, 7) is 5.58. The van der Waals surface area contributed by atoms with Crippen LogP contribution in [0, 0.1) is 5.92 Å². The van der Waals surface area contributed by atoms with E-state index in [4.69, 9.17) is 0 Å². The Labute approximate surface area is 96.6 Å². The Hall–Kier alpha value is -1.10. The highest BCUT2D eigenvalue weighted by Crippen LogP contribution is 2.10. The van der Waals surface area contributed by atoms with Crippen LogP contribution >= 0.6 is 0 Å². The number of hydrogen-bond donors (Lipinski definition) is 2. The van der Waals surface area contributed by atoms with Crippen molar-refractivity contribution in [1.82, 2.24) is 15.5 Å². The first-order chi connectivity index (χ1) is 7.50. The lowest BCUT2D eigenvalue weighted by molar-refractivity contribution is -0.137. The first kappa shape index (κ1) is 13.0. The first-order valence-corrected chi connectivity index (χ1v) is 5.75. The highest BCUT2D eigenvalue weighted by Gasteiger charge is 2.26. The summed E-state index contributed by atoms with van der Waals surface area (Å²) in [7, 11) is 1.68. The second-order valence-electron chi connectivity index (χ2n) is 4.61. The van der Waals surface area contributed by atoms with Crippen molar-refractivity contribution in [3.05, 3.63) is 0 Å². The van der Waals surface area contributed by atoms with Crippen LogP contribution in [-0.2, 0) is 9.59 Å². The number of nitrogens with one attached hydrogen (secondary N) is 2. The summed E-state index contributed by atoms with van der Waals surface area (Å²) < 4.78 is 0. The lowest BCUT2D eigenvalue weighted by atomic mass is 10.1. The van der Waals surface area contributed by atoms with E-state index >= 15 is 0 Å². The van der Waals surface area contributed by atoms with Crippen LogP contribution in [0.2, 0.25) is 0 Å². The fraction of sp³-hybridized carbons (Fsp3) is 0.818. The summed E-state index contributed by atoms with van der Waals surface area (Å²) in [4.78, 5) is 24.8. The normalized spacial score (nSPS) is 19.9. The largest absolute Gasteiger partial charge is 0.352 e. The molecule has 0 radical (unpaired) electrons. The van der Waals surface area contributed by atoms with Gasteiger partial charge in [-0.15, -0.1) is 0 Å². The van der Waals surface area contributed by atoms with Crippen LogP contribution in [-0.4, -0.2) is 49.4 Å². The van der Waals surface area contributed by atoms with Crippen LogP contribution in [0.25, 0.3) is 0 Å². The summed E-state index contributed by atoms with van der Waals surface area (Å²) in [5.74, 6) is -0.00226. The molecule has 0 aromatic rings. The Bertz CT molecular complexity index is 260. The van der Waals surface area contributed by atoms with E-state index < -0.39 is 0 Å². The van der Waals surface area contributed by atoms with Crippen LogP contribution in [0.1, 0.15) is 20.3 Å². The van der Waals surface area contributed by atoms with E-state index in [-0.39, 0.29) is 30.3 Å². The summed E-state index contributed by atoms with van der Waals surface area (Å²) in [6, 6.07) is 0.115. The Morgan fingerprint density at radius 3 is 2.69 bits per heavy atom. The molecule has 1 heterocycles. The minimum atomic E-state index is -0.100. The Morgan fingerprint density at radius 1 is 1.50 bits per heavy atom. The molecule has 5 nitrogen and oxygen atoms in total. The number of likely N-dealkylation sites (N-methyl/N-ethyl adjacent to an activating group) is 1. The van der Waals surface area contributed by atoms with E-state index in [1.165, 1.54) is 4.90 Å². The summed E-state index contributed by atoms with van der Waals surface area (Å²) in [5, 5.41) is 5.92. The molecule has 1 aliphatic heterocycles. The van der Waals surface area contributed by atoms with E-state index in [9.17, 15) is 9.59 Å². The third-order valence-corrected chi connectivity index (χ3v) is 2.62. The van der Waals surface area contributed by atoms with Crippen molar-refractivity contribution in [3.8, 4) is 0 Å². The monoisotopic (exact) mass is 227 g/mol. The molecule has 0 saturated carbocycles. The van der Waals surface area contributed by atoms with Gasteiger partial charge >= 0.3 is 0 Å². The zero-order valence-corrected chi connectivity index (χ0v) is 10.2. The number of hydrogen-bond acceptors (Lipinski definition) is 3. The van der Waals surface area contributed by atoms with Crippen LogP contribution < -0.4 is 10.6 Å². The van der Waals surface area contributed by atoms with Gasteiger partial charge in [-0.1, -0.05) is 0 Å². The van der Waals surface area contributed by atoms with Gasteiger partial charge in [-0.05, 0) is 26.8 Å². The first-order valence-electron chi connectivity index (χ1n) is 5.75. The van der Waals surface area contributed by atoms with Gasteiger partial charge in [-0.3, -0.25) is 9.59 Å². The molecule has 5 heteroatoms. The van der Waals surface area contributed by atoms with Gasteiger partial charge in [0, 0.05) is 19.6 Å². The smallest absolute Gasteiger partial charge is 0.239 e. The van der Waals surface area contributed by atoms with Crippen molar-refractivity contribution in [2.45, 2.75) is 26.3 Å². The van der Waals surface area contributed by atoms with E-state index in [1.807, 2.05) is 13.8 Å². The maximum absolute atomic E-state index is 11.9. The van der Waals surface area contributed by atoms with E-state index in [1.54, 1.807) is 7.05 Å². The fourth-order valence-corrected chi connectivity index (χ4v) is 1.84. The van der Waals surface area contributed by atoms with Crippen LogP contribution in [0.3, 0.4) is 0 Å². The summed E-state index contributed by atoms with van der Waals surface area (Å²) in [6.07, 6.45) is 0.870. The highest BCUT2D eigenvalue weighted by molar-refractivity contribution is 5.86. The van der Waals surface area contributed by atoms with E-state index in [0.29, 0.717) is 0 Å². The minimum absolute atomic E-state index is 0.0387. The zero-order chi connectivity index (χ0) is 12.1. The fourth-order valence-electron chi connectivity index (χ4n) is 1.84. The molecule has 0 bridgehead atoms. The topological polar surface area (TPSA) is 61.4 Å². The average Bonchev–Trinajstić information content (AvgIpc) is 2.67. The molecule has 1 atom stereocenters. The molecule has 1 fully saturated rings. The lowest BCUT2D eigenvalue weighted by Crippen LogP contribution is -2.43. The van der Waals surface area contributed by atoms with Gasteiger partial charge in [0.25, 0.3) is 0 Å². The van der Waals surface area contributed by atoms with Crippen molar-refractivity contribution in [2.24, 2.45) is 5.92 Å². The van der Waals surface area contributed by atoms with Crippen LogP contribution in [0.5, 0.6) is 0 Å². The van der Waals surface area contributed by atoms with Crippen LogP contribution in [0.4, 0.5) is 0 Å². The van der Waals surface area contributed by atoms with Crippen molar-refractivity contribution >= 4 is 11.8 Å². The molecule has 2 amide bonds. The Morgan fingerprint density at radius 2 is 2.19 bits per heavy atom. The van der Waals surface area contributed by atoms with Gasteiger partial charge < -0.3 is 15.5 Å². The van der Waals surface area contributed by atoms with Gasteiger partial charge in [-0.2, -0.15) is 0 Å². The zero-order valence-electron chi connectivity index (χ0n) is 10.2. The van der Waals surface area contributed by atoms with Crippen molar-refractivity contribution in [1.29, 1.82) is 0 Å². The molecular formula is C11H21N3O2. The predicted molar refractivity (Wildman–Crippen MR) is 61.9 cm³/mol. The maximum atomic E-state index is 11.9. The van der Waals surface area contributed by atoms with Gasteiger partial charge in [0.05, 0.1) is 12.5 Å². The standard InChI is InChI=1S/C11H21N3O2/c1-8(2)13-10(15)7-14(3)11(16)9-4-5-12-6-9/h8-9,12H,4-7H2,1-3H3,(H,13,15). The number of amides is 2. The molecule has 0 aromatic heterocycles. The molecule has 0 aliphatic carbocycles. The average molecular weight is 227 g/mol. The molecule has 1 unspecified atom stereocenters. The molecule has 1 saturated heterocycles. The lowest BCUT2D eigenvalue weighted by Gasteiger charge is -2.20. The van der Waals surface area contributed by atoms with Crippen molar-refractivity contribution in [3.63, 3.8) is 0 Å². The van der Waals surface area contributed by atoms with Crippen LogP contribution in [0.15, 0.2) is 0 Å². The predicted octanol–water partition coefficient (Wildman–Crippen LogP) is -0.421. The Kier molecular flexibility index (Phi) is 4.73. The number of carbonyl (C=O) groups excluding carboxylic acids is 2. The molecular weight excluding hydrogens is 206 g/mol. The van der Waals surface area contributed by atoms with Crippen molar-refractivity contribution < 1.29 is 9.59 Å². The van der Waals surface area contributed by atoms with Gasteiger partial charge in [-0.25, -0.2) is 0 Å². The number of nitrogens with zero attached hydrogens (tertiary/aromatic N) is 1. The van der Waals surface area contributed by atoms with Gasteiger partial charge in [0.2, 0.25) is 11.8 Å². The quantitative estimate of drug-likeness (QED) is 0.685. The van der Waals surface area contributed by atoms with E-state index in [2.05, 4.69) is 10.6 Å². The third kappa shape index (κ3) is 3.81.